The highest BCUT2D eigenvalue weighted by Crippen LogP contribution is 2.20. The van der Waals surface area contributed by atoms with Gasteiger partial charge in [0.1, 0.15) is 0 Å². The molecule has 0 bridgehead atoms. The number of hydrogen-bond donors (Lipinski definition) is 2. The largest absolute Gasteiger partial charge is 0.478 e. The molecule has 0 fully saturated rings. The van der Waals surface area contributed by atoms with Gasteiger partial charge in [-0.3, -0.25) is 9.59 Å². The maximum absolute atomic E-state index is 12.3. The molecule has 2 N–H and O–H groups in total. The molecule has 38 heavy (non-hydrogen) atoms. The van der Waals surface area contributed by atoms with Gasteiger partial charge < -0.3 is 10.2 Å². The van der Waals surface area contributed by atoms with Crippen LogP contribution >= 0.6 is 23.2 Å². The average Bonchev–Trinajstić information content (AvgIpc) is 2.89. The van der Waals surface area contributed by atoms with Gasteiger partial charge in [0, 0.05) is 32.3 Å². The van der Waals surface area contributed by atoms with Crippen molar-refractivity contribution >= 4 is 46.7 Å². The lowest BCUT2D eigenvalue weighted by atomic mass is 9.96. The molecule has 4 rings (SSSR count). The second-order valence-corrected chi connectivity index (χ2v) is 9.25. The van der Waals surface area contributed by atoms with Gasteiger partial charge in [-0.1, -0.05) is 46.5 Å². The number of carboxylic acids is 2. The highest BCUT2D eigenvalue weighted by atomic mass is 35.5. The second-order valence-electron chi connectivity index (χ2n) is 8.38. The summed E-state index contributed by atoms with van der Waals surface area (Å²) in [5.41, 5.74) is 2.85. The molecule has 0 saturated heterocycles. The van der Waals surface area contributed by atoms with E-state index in [0.717, 1.165) is 11.1 Å². The van der Waals surface area contributed by atoms with Crippen molar-refractivity contribution in [2.75, 3.05) is 0 Å². The van der Waals surface area contributed by atoms with Gasteiger partial charge in [-0.25, -0.2) is 9.59 Å². The van der Waals surface area contributed by atoms with E-state index in [2.05, 4.69) is 0 Å². The monoisotopic (exact) mass is 548 g/mol. The first-order valence-corrected chi connectivity index (χ1v) is 12.0. The molecule has 0 aliphatic heterocycles. The average molecular weight is 549 g/mol. The Bertz CT molecular complexity index is 1520. The number of hydrogen-bond acceptors (Lipinski definition) is 4. The minimum absolute atomic E-state index is 0.00514. The fourth-order valence-electron chi connectivity index (χ4n) is 3.58. The number of aryl methyl sites for hydroxylation is 2. The number of halogens is 2. The van der Waals surface area contributed by atoms with Gasteiger partial charge in [0.05, 0.1) is 11.1 Å². The van der Waals surface area contributed by atoms with Crippen LogP contribution < -0.4 is 0 Å². The van der Waals surface area contributed by atoms with Crippen LogP contribution in [0.2, 0.25) is 10.0 Å². The molecule has 0 heterocycles. The zero-order valence-electron chi connectivity index (χ0n) is 20.4. The Hall–Kier alpha value is -4.26. The molecule has 192 valence electrons. The zero-order valence-corrected chi connectivity index (χ0v) is 21.9. The Balaban J connectivity index is 0.000000211. The summed E-state index contributed by atoms with van der Waals surface area (Å²) in [5.74, 6) is -2.87. The lowest BCUT2D eigenvalue weighted by Crippen LogP contribution is -2.10. The zero-order chi connectivity index (χ0) is 28.0. The number of carbonyl (C=O) groups excluding carboxylic acids is 2. The topological polar surface area (TPSA) is 109 Å². The Labute approximate surface area is 229 Å². The molecule has 0 aliphatic carbocycles. The van der Waals surface area contributed by atoms with Crippen molar-refractivity contribution in [2.45, 2.75) is 13.8 Å². The molecule has 6 nitrogen and oxygen atoms in total. The molecule has 0 radical (unpaired) electrons. The van der Waals surface area contributed by atoms with Gasteiger partial charge in [0.25, 0.3) is 0 Å². The first kappa shape index (κ1) is 28.3. The van der Waals surface area contributed by atoms with Crippen LogP contribution in [-0.2, 0) is 0 Å². The molecule has 0 atom stereocenters. The number of aromatic carboxylic acids is 2. The highest BCUT2D eigenvalue weighted by molar-refractivity contribution is 6.31. The van der Waals surface area contributed by atoms with Crippen LogP contribution in [0.25, 0.3) is 0 Å². The second kappa shape index (κ2) is 12.3. The number of rotatable bonds is 6. The molecular weight excluding hydrogens is 527 g/mol. The molecule has 0 saturated carbocycles. The van der Waals surface area contributed by atoms with Gasteiger partial charge in [0.2, 0.25) is 0 Å². The van der Waals surface area contributed by atoms with Crippen LogP contribution in [0.5, 0.6) is 0 Å². The van der Waals surface area contributed by atoms with E-state index >= 15 is 0 Å². The molecule has 4 aromatic rings. The fraction of sp³-hybridized carbons (Fsp3) is 0.0667. The van der Waals surface area contributed by atoms with Gasteiger partial charge in [-0.2, -0.15) is 0 Å². The maximum atomic E-state index is 12.3. The number of carbonyl (C=O) groups is 4. The van der Waals surface area contributed by atoms with Crippen molar-refractivity contribution in [1.82, 2.24) is 0 Å². The van der Waals surface area contributed by atoms with E-state index in [9.17, 15) is 19.2 Å². The Morgan fingerprint density at radius 3 is 1.29 bits per heavy atom. The normalized spacial score (nSPS) is 10.2. The van der Waals surface area contributed by atoms with E-state index in [0.29, 0.717) is 21.2 Å². The van der Waals surface area contributed by atoms with Crippen LogP contribution in [-0.4, -0.2) is 33.7 Å². The van der Waals surface area contributed by atoms with E-state index in [-0.39, 0.29) is 33.8 Å². The molecule has 8 heteroatoms. The van der Waals surface area contributed by atoms with E-state index in [1.165, 1.54) is 18.2 Å². The summed E-state index contributed by atoms with van der Waals surface area (Å²) in [6, 6.07) is 22.2. The molecule has 0 unspecified atom stereocenters. The van der Waals surface area contributed by atoms with Gasteiger partial charge in [0.15, 0.2) is 11.6 Å². The molecule has 0 spiro atoms. The quantitative estimate of drug-likeness (QED) is 0.247. The minimum Gasteiger partial charge on any atom is -0.478 e. The van der Waals surface area contributed by atoms with Crippen LogP contribution in [0.3, 0.4) is 0 Å². The molecule has 0 aliphatic rings. The van der Waals surface area contributed by atoms with Gasteiger partial charge in [-0.15, -0.1) is 0 Å². The third kappa shape index (κ3) is 6.94. The van der Waals surface area contributed by atoms with E-state index in [4.69, 9.17) is 33.4 Å². The molecule has 4 aromatic carbocycles. The predicted molar refractivity (Wildman–Crippen MR) is 146 cm³/mol. The summed E-state index contributed by atoms with van der Waals surface area (Å²) < 4.78 is 0. The van der Waals surface area contributed by atoms with Crippen molar-refractivity contribution in [2.24, 2.45) is 0 Å². The third-order valence-corrected chi connectivity index (χ3v) is 6.02. The number of ketones is 2. The molecular formula is C30H22Cl2O6. The first-order chi connectivity index (χ1) is 18.0. The molecule has 0 aromatic heterocycles. The SMILES string of the molecule is Cc1ccc(C(=O)O)c(C(=O)c2ccc(Cl)cc2)c1.Cc1ccc(C(=O)c2ccc(Cl)cc2)c(C(=O)O)c1. The van der Waals surface area contributed by atoms with Crippen LogP contribution in [0.4, 0.5) is 0 Å². The summed E-state index contributed by atoms with van der Waals surface area (Å²) in [7, 11) is 0. The standard InChI is InChI=1S/2C15H11ClO3/c1-9-2-7-12(15(18)19)13(8-9)14(17)10-3-5-11(16)6-4-10;1-9-2-7-12(13(8-9)15(18)19)14(17)10-3-5-11(16)6-4-10/h2*2-8H,1H3,(H,18,19). The predicted octanol–water partition coefficient (Wildman–Crippen LogP) is 7.16. The van der Waals surface area contributed by atoms with E-state index in [1.807, 2.05) is 6.92 Å². The Morgan fingerprint density at radius 1 is 0.500 bits per heavy atom. The summed E-state index contributed by atoms with van der Waals surface area (Å²) in [6.45, 7) is 3.59. The number of carboxylic acid groups (broad SMARTS) is 2. The highest BCUT2D eigenvalue weighted by Gasteiger charge is 2.19. The van der Waals surface area contributed by atoms with Crippen molar-refractivity contribution in [1.29, 1.82) is 0 Å². The maximum Gasteiger partial charge on any atom is 0.336 e. The minimum atomic E-state index is -1.11. The van der Waals surface area contributed by atoms with Crippen molar-refractivity contribution in [3.63, 3.8) is 0 Å². The van der Waals surface area contributed by atoms with Gasteiger partial charge >= 0.3 is 11.9 Å². The lowest BCUT2D eigenvalue weighted by Gasteiger charge is -2.06. The third-order valence-electron chi connectivity index (χ3n) is 5.51. The summed E-state index contributed by atoms with van der Waals surface area (Å²) in [4.78, 5) is 47.0. The van der Waals surface area contributed by atoms with Crippen LogP contribution in [0, 0.1) is 13.8 Å². The van der Waals surface area contributed by atoms with Gasteiger partial charge in [-0.05, 0) is 86.6 Å². The smallest absolute Gasteiger partial charge is 0.336 e. The van der Waals surface area contributed by atoms with Crippen molar-refractivity contribution in [3.05, 3.63) is 139 Å². The van der Waals surface area contributed by atoms with Crippen molar-refractivity contribution < 1.29 is 29.4 Å². The summed E-state index contributed by atoms with van der Waals surface area (Å²) >= 11 is 11.5. The van der Waals surface area contributed by atoms with Crippen LogP contribution in [0.1, 0.15) is 63.7 Å². The lowest BCUT2D eigenvalue weighted by molar-refractivity contribution is 0.0683. The van der Waals surface area contributed by atoms with Crippen LogP contribution in [0.15, 0.2) is 84.9 Å². The first-order valence-electron chi connectivity index (χ1n) is 11.3. The van der Waals surface area contributed by atoms with E-state index < -0.39 is 11.9 Å². The fourth-order valence-corrected chi connectivity index (χ4v) is 3.83. The Morgan fingerprint density at radius 2 is 0.868 bits per heavy atom. The molecule has 0 amide bonds. The number of benzene rings is 4. The van der Waals surface area contributed by atoms with E-state index in [1.54, 1.807) is 73.7 Å². The Kier molecular flexibility index (Phi) is 9.18. The van der Waals surface area contributed by atoms with Crippen molar-refractivity contribution in [3.8, 4) is 0 Å². The summed E-state index contributed by atoms with van der Waals surface area (Å²) in [6.07, 6.45) is 0. The summed E-state index contributed by atoms with van der Waals surface area (Å²) in [5, 5.41) is 19.3.